The molecule has 1 fully saturated rings. The van der Waals surface area contributed by atoms with Crippen molar-refractivity contribution in [1.29, 1.82) is 0 Å². The van der Waals surface area contributed by atoms with Gasteiger partial charge in [0.15, 0.2) is 0 Å². The molecule has 1 atom stereocenters. The molecule has 16 heavy (non-hydrogen) atoms. The molecule has 1 heterocycles. The van der Waals surface area contributed by atoms with Crippen LogP contribution in [-0.2, 0) is 9.59 Å². The van der Waals surface area contributed by atoms with Crippen LogP contribution in [0.25, 0.3) is 0 Å². The number of nitrogens with one attached hydrogen (secondary N) is 2. The monoisotopic (exact) mass is 282 g/mol. The maximum absolute atomic E-state index is 11.7. The Bertz CT molecular complexity index is 434. The third kappa shape index (κ3) is 2.61. The van der Waals surface area contributed by atoms with Crippen LogP contribution in [0.3, 0.4) is 0 Å². The third-order valence-corrected chi connectivity index (χ3v) is 2.90. The zero-order valence-corrected chi connectivity index (χ0v) is 10.1. The number of hydrogen-bond donors (Lipinski definition) is 2. The van der Waals surface area contributed by atoms with Crippen molar-refractivity contribution in [3.05, 3.63) is 28.7 Å². The van der Waals surface area contributed by atoms with E-state index in [9.17, 15) is 9.59 Å². The number of anilines is 1. The summed E-state index contributed by atoms with van der Waals surface area (Å²) >= 11 is 3.32. The van der Waals surface area contributed by atoms with E-state index in [4.69, 9.17) is 0 Å². The number of hydrogen-bond acceptors (Lipinski definition) is 2. The summed E-state index contributed by atoms with van der Waals surface area (Å²) in [5, 5.41) is 5.39. The fourth-order valence-electron chi connectivity index (χ4n) is 1.61. The summed E-state index contributed by atoms with van der Waals surface area (Å²) in [6.07, 6.45) is 0.995. The lowest BCUT2D eigenvalue weighted by Gasteiger charge is -2.10. The average molecular weight is 283 g/mol. The van der Waals surface area contributed by atoms with Gasteiger partial charge in [0.25, 0.3) is 0 Å². The quantitative estimate of drug-likeness (QED) is 0.867. The fourth-order valence-corrected chi connectivity index (χ4v) is 2.01. The van der Waals surface area contributed by atoms with E-state index in [0.717, 1.165) is 10.2 Å². The Hall–Kier alpha value is -1.36. The number of carbonyl (C=O) groups is 2. The zero-order valence-electron chi connectivity index (χ0n) is 8.50. The topological polar surface area (TPSA) is 58.2 Å². The maximum atomic E-state index is 11.7. The number of benzene rings is 1. The van der Waals surface area contributed by atoms with Crippen molar-refractivity contribution < 1.29 is 9.59 Å². The first-order valence-corrected chi connectivity index (χ1v) is 5.80. The van der Waals surface area contributed by atoms with Gasteiger partial charge < -0.3 is 10.6 Å². The molecule has 0 aliphatic carbocycles. The molecule has 1 aromatic carbocycles. The van der Waals surface area contributed by atoms with Crippen LogP contribution in [0.15, 0.2) is 28.7 Å². The minimum absolute atomic E-state index is 0.0607. The molecule has 1 aliphatic rings. The number of rotatable bonds is 2. The van der Waals surface area contributed by atoms with Gasteiger partial charge >= 0.3 is 0 Å². The Morgan fingerprint density at radius 2 is 2.31 bits per heavy atom. The van der Waals surface area contributed by atoms with Gasteiger partial charge in [-0.15, -0.1) is 0 Å². The second kappa shape index (κ2) is 4.65. The summed E-state index contributed by atoms with van der Waals surface area (Å²) in [6, 6.07) is 6.94. The Kier molecular flexibility index (Phi) is 3.24. The SMILES string of the molecule is O=C1CC[C@@H](C(=O)Nc2cccc(Br)c2)N1. The summed E-state index contributed by atoms with van der Waals surface area (Å²) in [6.45, 7) is 0. The predicted octanol–water partition coefficient (Wildman–Crippen LogP) is 1.67. The molecule has 2 N–H and O–H groups in total. The van der Waals surface area contributed by atoms with E-state index in [-0.39, 0.29) is 11.8 Å². The minimum atomic E-state index is -0.397. The molecule has 2 rings (SSSR count). The van der Waals surface area contributed by atoms with Crippen molar-refractivity contribution >= 4 is 33.4 Å². The maximum Gasteiger partial charge on any atom is 0.246 e. The van der Waals surface area contributed by atoms with Crippen LogP contribution < -0.4 is 10.6 Å². The summed E-state index contributed by atoms with van der Waals surface area (Å²) in [4.78, 5) is 22.7. The average Bonchev–Trinajstić information content (AvgIpc) is 2.65. The smallest absolute Gasteiger partial charge is 0.246 e. The summed E-state index contributed by atoms with van der Waals surface area (Å²) in [5.41, 5.74) is 0.723. The molecular formula is C11H11BrN2O2. The molecule has 0 bridgehead atoms. The standard InChI is InChI=1S/C11H11BrN2O2/c12-7-2-1-3-8(6-7)13-11(16)9-4-5-10(15)14-9/h1-3,6,9H,4-5H2,(H,13,16)(H,14,15)/t9-/m0/s1. The molecular weight excluding hydrogens is 272 g/mol. The van der Waals surface area contributed by atoms with Gasteiger partial charge in [0.1, 0.15) is 6.04 Å². The molecule has 0 radical (unpaired) electrons. The number of amides is 2. The Morgan fingerprint density at radius 1 is 1.50 bits per heavy atom. The molecule has 4 nitrogen and oxygen atoms in total. The van der Waals surface area contributed by atoms with Crippen molar-refractivity contribution in [2.24, 2.45) is 0 Å². The van der Waals surface area contributed by atoms with Crippen molar-refractivity contribution in [2.75, 3.05) is 5.32 Å². The highest BCUT2D eigenvalue weighted by molar-refractivity contribution is 9.10. The molecule has 1 aliphatic heterocycles. The van der Waals surface area contributed by atoms with Gasteiger partial charge in [-0.2, -0.15) is 0 Å². The Balaban J connectivity index is 1.99. The van der Waals surface area contributed by atoms with Crippen molar-refractivity contribution in [3.63, 3.8) is 0 Å². The molecule has 1 saturated heterocycles. The summed E-state index contributed by atoms with van der Waals surface area (Å²) in [7, 11) is 0. The highest BCUT2D eigenvalue weighted by Crippen LogP contribution is 2.16. The van der Waals surface area contributed by atoms with Gasteiger partial charge in [-0.25, -0.2) is 0 Å². The third-order valence-electron chi connectivity index (χ3n) is 2.40. The Morgan fingerprint density at radius 3 is 2.94 bits per heavy atom. The number of carbonyl (C=O) groups excluding carboxylic acids is 2. The highest BCUT2D eigenvalue weighted by atomic mass is 79.9. The summed E-state index contributed by atoms with van der Waals surface area (Å²) < 4.78 is 0.903. The van der Waals surface area contributed by atoms with Crippen molar-refractivity contribution in [3.8, 4) is 0 Å². The van der Waals surface area contributed by atoms with Crippen LogP contribution in [-0.4, -0.2) is 17.9 Å². The molecule has 0 saturated carbocycles. The lowest BCUT2D eigenvalue weighted by molar-refractivity contribution is -0.122. The van der Waals surface area contributed by atoms with Crippen LogP contribution in [0.4, 0.5) is 5.69 Å². The second-order valence-electron chi connectivity index (χ2n) is 3.66. The molecule has 84 valence electrons. The lowest BCUT2D eigenvalue weighted by Crippen LogP contribution is -2.37. The van der Waals surface area contributed by atoms with Crippen molar-refractivity contribution in [1.82, 2.24) is 5.32 Å². The number of halogens is 1. The Labute approximate surface area is 102 Å². The van der Waals surface area contributed by atoms with Crippen LogP contribution in [0.1, 0.15) is 12.8 Å². The highest BCUT2D eigenvalue weighted by Gasteiger charge is 2.26. The van der Waals surface area contributed by atoms with E-state index in [0.29, 0.717) is 12.8 Å². The van der Waals surface area contributed by atoms with Crippen LogP contribution in [0.2, 0.25) is 0 Å². The van der Waals surface area contributed by atoms with Gasteiger partial charge in [-0.3, -0.25) is 9.59 Å². The van der Waals surface area contributed by atoms with E-state index in [1.165, 1.54) is 0 Å². The molecule has 1 aromatic rings. The normalized spacial score (nSPS) is 19.3. The van der Waals surface area contributed by atoms with Gasteiger partial charge in [0, 0.05) is 16.6 Å². The molecule has 0 aromatic heterocycles. The predicted molar refractivity (Wildman–Crippen MR) is 63.9 cm³/mol. The van der Waals surface area contributed by atoms with Gasteiger partial charge in [0.05, 0.1) is 0 Å². The first-order valence-electron chi connectivity index (χ1n) is 5.01. The molecule has 2 amide bonds. The second-order valence-corrected chi connectivity index (χ2v) is 4.57. The minimum Gasteiger partial charge on any atom is -0.344 e. The van der Waals surface area contributed by atoms with E-state index in [2.05, 4.69) is 26.6 Å². The first kappa shape index (κ1) is 11.1. The lowest BCUT2D eigenvalue weighted by atomic mass is 10.2. The summed E-state index contributed by atoms with van der Waals surface area (Å²) in [5.74, 6) is -0.224. The van der Waals surface area contributed by atoms with Gasteiger partial charge in [0.2, 0.25) is 11.8 Å². The molecule has 0 unspecified atom stereocenters. The van der Waals surface area contributed by atoms with Crippen molar-refractivity contribution in [2.45, 2.75) is 18.9 Å². The van der Waals surface area contributed by atoms with Crippen LogP contribution >= 0.6 is 15.9 Å². The largest absolute Gasteiger partial charge is 0.344 e. The van der Waals surface area contributed by atoms with Gasteiger partial charge in [-0.05, 0) is 24.6 Å². The van der Waals surface area contributed by atoms with E-state index < -0.39 is 6.04 Å². The first-order chi connectivity index (χ1) is 7.65. The van der Waals surface area contributed by atoms with E-state index in [1.54, 1.807) is 6.07 Å². The molecule has 5 heteroatoms. The molecule has 0 spiro atoms. The van der Waals surface area contributed by atoms with E-state index in [1.807, 2.05) is 18.2 Å². The fraction of sp³-hybridized carbons (Fsp3) is 0.273. The zero-order chi connectivity index (χ0) is 11.5. The van der Waals surface area contributed by atoms with Crippen LogP contribution in [0.5, 0.6) is 0 Å². The van der Waals surface area contributed by atoms with Gasteiger partial charge in [-0.1, -0.05) is 22.0 Å². The van der Waals surface area contributed by atoms with Crippen LogP contribution in [0, 0.1) is 0 Å². The van der Waals surface area contributed by atoms with E-state index >= 15 is 0 Å².